The summed E-state index contributed by atoms with van der Waals surface area (Å²) in [7, 11) is 0. The number of rotatable bonds is 3. The molecule has 3 N–H and O–H groups in total. The average molecular weight is 366 g/mol. The van der Waals surface area contributed by atoms with Crippen molar-refractivity contribution in [2.75, 3.05) is 13.1 Å². The fourth-order valence-corrected chi connectivity index (χ4v) is 3.36. The summed E-state index contributed by atoms with van der Waals surface area (Å²) in [5.41, 5.74) is 6.71. The minimum atomic E-state index is -0.228. The molecular formula is C15H18BrN4O2+. The molecule has 3 heterocycles. The number of quaternary nitrogens is 1. The molecule has 1 amide bonds. The first-order valence-corrected chi connectivity index (χ1v) is 8.13. The first-order chi connectivity index (χ1) is 10.5. The van der Waals surface area contributed by atoms with Crippen LogP contribution in [-0.4, -0.2) is 28.4 Å². The summed E-state index contributed by atoms with van der Waals surface area (Å²) in [6.45, 7) is 2.34. The second-order valence-corrected chi connectivity index (χ2v) is 6.70. The highest BCUT2D eigenvalue weighted by atomic mass is 79.9. The lowest BCUT2D eigenvalue weighted by atomic mass is 9.97. The van der Waals surface area contributed by atoms with E-state index in [0.29, 0.717) is 12.2 Å². The second-order valence-electron chi connectivity index (χ2n) is 5.78. The Kier molecular flexibility index (Phi) is 4.26. The summed E-state index contributed by atoms with van der Waals surface area (Å²) < 4.78 is 2.35. The highest BCUT2D eigenvalue weighted by molar-refractivity contribution is 9.10. The van der Waals surface area contributed by atoms with Crippen LogP contribution in [0.1, 0.15) is 18.5 Å². The van der Waals surface area contributed by atoms with Crippen LogP contribution >= 0.6 is 15.9 Å². The molecule has 1 fully saturated rings. The van der Waals surface area contributed by atoms with Gasteiger partial charge < -0.3 is 10.6 Å². The molecule has 116 valence electrons. The van der Waals surface area contributed by atoms with Crippen LogP contribution in [0.15, 0.2) is 33.7 Å². The van der Waals surface area contributed by atoms with Crippen molar-refractivity contribution in [2.24, 2.45) is 11.7 Å². The molecule has 0 aromatic carbocycles. The minimum absolute atomic E-state index is 0.0683. The third-order valence-electron chi connectivity index (χ3n) is 4.13. The molecule has 1 aliphatic rings. The lowest BCUT2D eigenvalue weighted by Crippen LogP contribution is -3.12. The van der Waals surface area contributed by atoms with E-state index in [1.807, 2.05) is 12.1 Å². The number of nitrogens with two attached hydrogens (primary N) is 1. The molecule has 2 aromatic heterocycles. The van der Waals surface area contributed by atoms with Crippen LogP contribution in [0.2, 0.25) is 0 Å². The molecule has 2 aromatic rings. The van der Waals surface area contributed by atoms with Crippen molar-refractivity contribution in [1.82, 2.24) is 9.38 Å². The molecule has 0 spiro atoms. The highest BCUT2D eigenvalue weighted by Gasteiger charge is 2.27. The lowest BCUT2D eigenvalue weighted by molar-refractivity contribution is -0.921. The Morgan fingerprint density at radius 1 is 1.50 bits per heavy atom. The molecule has 1 saturated heterocycles. The third kappa shape index (κ3) is 3.20. The van der Waals surface area contributed by atoms with Crippen molar-refractivity contribution in [3.63, 3.8) is 0 Å². The zero-order chi connectivity index (χ0) is 15.7. The van der Waals surface area contributed by atoms with Crippen molar-refractivity contribution in [3.8, 4) is 0 Å². The molecule has 7 heteroatoms. The number of aromatic nitrogens is 2. The normalized spacial score (nSPS) is 21.9. The van der Waals surface area contributed by atoms with Crippen LogP contribution < -0.4 is 16.2 Å². The SMILES string of the molecule is NC(=O)[C@H]1CCC[NH+](Cc2cc(=O)n3cc(Br)ccc3n2)C1. The van der Waals surface area contributed by atoms with Crippen molar-refractivity contribution < 1.29 is 9.69 Å². The Bertz CT molecular complexity index is 774. The molecule has 0 bridgehead atoms. The molecular weight excluding hydrogens is 348 g/mol. The number of nitrogens with one attached hydrogen (secondary N) is 1. The number of amides is 1. The Hall–Kier alpha value is -1.73. The fourth-order valence-electron chi connectivity index (χ4n) is 3.03. The van der Waals surface area contributed by atoms with Crippen LogP contribution in [0.5, 0.6) is 0 Å². The smallest absolute Gasteiger partial charge is 0.258 e. The summed E-state index contributed by atoms with van der Waals surface area (Å²) in [6.07, 6.45) is 3.55. The maximum Gasteiger partial charge on any atom is 0.258 e. The van der Waals surface area contributed by atoms with E-state index in [4.69, 9.17) is 5.73 Å². The molecule has 0 radical (unpaired) electrons. The topological polar surface area (TPSA) is 81.9 Å². The number of carbonyl (C=O) groups is 1. The summed E-state index contributed by atoms with van der Waals surface area (Å²) in [5, 5.41) is 0. The average Bonchev–Trinajstić information content (AvgIpc) is 2.48. The van der Waals surface area contributed by atoms with Gasteiger partial charge in [0.15, 0.2) is 0 Å². The number of fused-ring (bicyclic) bond motifs is 1. The van der Waals surface area contributed by atoms with Gasteiger partial charge in [0, 0.05) is 16.7 Å². The number of piperidine rings is 1. The molecule has 6 nitrogen and oxygen atoms in total. The van der Waals surface area contributed by atoms with Gasteiger partial charge in [-0.2, -0.15) is 0 Å². The number of carbonyl (C=O) groups excluding carboxylic acids is 1. The maximum atomic E-state index is 12.2. The van der Waals surface area contributed by atoms with Crippen molar-refractivity contribution in [2.45, 2.75) is 19.4 Å². The van der Waals surface area contributed by atoms with Crippen LogP contribution in [0.3, 0.4) is 0 Å². The Morgan fingerprint density at radius 2 is 2.32 bits per heavy atom. The first-order valence-electron chi connectivity index (χ1n) is 7.33. The van der Waals surface area contributed by atoms with E-state index in [1.165, 1.54) is 9.30 Å². The summed E-state index contributed by atoms with van der Waals surface area (Å²) >= 11 is 3.35. The number of pyridine rings is 1. The molecule has 0 saturated carbocycles. The van der Waals surface area contributed by atoms with Gasteiger partial charge in [0.05, 0.1) is 19.0 Å². The van der Waals surface area contributed by atoms with Gasteiger partial charge in [0.1, 0.15) is 17.9 Å². The second kappa shape index (κ2) is 6.18. The van der Waals surface area contributed by atoms with E-state index in [2.05, 4.69) is 20.9 Å². The standard InChI is InChI=1S/C15H17BrN4O2/c16-11-3-4-13-18-12(6-14(21)20(13)8-11)9-19-5-1-2-10(7-19)15(17)22/h3-4,6,8,10H,1-2,5,7,9H2,(H2,17,22)/p+1/t10-/m0/s1. The predicted molar refractivity (Wildman–Crippen MR) is 85.5 cm³/mol. The molecule has 1 aliphatic heterocycles. The first kappa shape index (κ1) is 15.2. The molecule has 0 aliphatic carbocycles. The number of halogens is 1. The van der Waals surface area contributed by atoms with E-state index < -0.39 is 0 Å². The Labute approximate surface area is 136 Å². The Morgan fingerprint density at radius 3 is 3.09 bits per heavy atom. The number of likely N-dealkylation sites (tertiary alicyclic amines) is 1. The van der Waals surface area contributed by atoms with Gasteiger partial charge in [-0.1, -0.05) is 0 Å². The van der Waals surface area contributed by atoms with Crippen LogP contribution in [0, 0.1) is 5.92 Å². The van der Waals surface area contributed by atoms with Crippen LogP contribution in [-0.2, 0) is 11.3 Å². The van der Waals surface area contributed by atoms with Gasteiger partial charge >= 0.3 is 0 Å². The molecule has 3 rings (SSSR count). The molecule has 1 unspecified atom stereocenters. The van der Waals surface area contributed by atoms with E-state index in [9.17, 15) is 9.59 Å². The van der Waals surface area contributed by atoms with Crippen LogP contribution in [0.25, 0.3) is 5.65 Å². The van der Waals surface area contributed by atoms with Crippen molar-refractivity contribution in [3.05, 3.63) is 44.9 Å². The number of nitrogens with zero attached hydrogens (tertiary/aromatic N) is 2. The predicted octanol–water partition coefficient (Wildman–Crippen LogP) is -0.263. The van der Waals surface area contributed by atoms with Gasteiger partial charge in [0.2, 0.25) is 5.91 Å². The van der Waals surface area contributed by atoms with Gasteiger partial charge in [0.25, 0.3) is 5.56 Å². The molecule has 2 atom stereocenters. The van der Waals surface area contributed by atoms with Crippen LogP contribution in [0.4, 0.5) is 0 Å². The quantitative estimate of drug-likeness (QED) is 0.785. The van der Waals surface area contributed by atoms with Gasteiger partial charge in [-0.15, -0.1) is 0 Å². The zero-order valence-corrected chi connectivity index (χ0v) is 13.7. The Balaban J connectivity index is 1.83. The molecule has 22 heavy (non-hydrogen) atoms. The highest BCUT2D eigenvalue weighted by Crippen LogP contribution is 2.10. The van der Waals surface area contributed by atoms with E-state index in [1.54, 1.807) is 12.3 Å². The van der Waals surface area contributed by atoms with E-state index in [-0.39, 0.29) is 17.4 Å². The summed E-state index contributed by atoms with van der Waals surface area (Å²) in [6, 6.07) is 5.25. The largest absolute Gasteiger partial charge is 0.369 e. The lowest BCUT2D eigenvalue weighted by Gasteiger charge is -2.27. The third-order valence-corrected chi connectivity index (χ3v) is 4.60. The summed E-state index contributed by atoms with van der Waals surface area (Å²) in [5.74, 6) is -0.296. The number of primary amides is 1. The number of hydrogen-bond acceptors (Lipinski definition) is 3. The zero-order valence-electron chi connectivity index (χ0n) is 12.1. The number of hydrogen-bond donors (Lipinski definition) is 2. The van der Waals surface area contributed by atoms with E-state index in [0.717, 1.165) is 36.1 Å². The van der Waals surface area contributed by atoms with Crippen molar-refractivity contribution >= 4 is 27.5 Å². The van der Waals surface area contributed by atoms with Gasteiger partial charge in [-0.3, -0.25) is 14.0 Å². The monoisotopic (exact) mass is 365 g/mol. The fraction of sp³-hybridized carbons (Fsp3) is 0.400. The maximum absolute atomic E-state index is 12.2. The van der Waals surface area contributed by atoms with Crippen molar-refractivity contribution in [1.29, 1.82) is 0 Å². The summed E-state index contributed by atoms with van der Waals surface area (Å²) in [4.78, 5) is 29.3. The minimum Gasteiger partial charge on any atom is -0.369 e. The van der Waals surface area contributed by atoms with Gasteiger partial charge in [-0.05, 0) is 40.9 Å². The van der Waals surface area contributed by atoms with Gasteiger partial charge in [-0.25, -0.2) is 4.98 Å². The van der Waals surface area contributed by atoms with E-state index >= 15 is 0 Å².